The maximum absolute atomic E-state index is 13.6. The number of rotatable bonds is 7. The molecule has 2 N–H and O–H groups in total. The summed E-state index contributed by atoms with van der Waals surface area (Å²) in [6, 6.07) is 11.6. The lowest BCUT2D eigenvalue weighted by molar-refractivity contribution is 0.377. The number of benzene rings is 2. The van der Waals surface area contributed by atoms with E-state index in [9.17, 15) is 22.3 Å². The third-order valence-corrected chi connectivity index (χ3v) is 8.28. The number of hydrogen-bond donors (Lipinski definition) is 2. The monoisotopic (exact) mass is 469 g/mol. The number of fused-ring (bicyclic) bond motifs is 1. The minimum atomic E-state index is -4.47. The number of sulfonamides is 1. The Hall–Kier alpha value is -2.48. The molecule has 0 amide bonds. The molecule has 3 rings (SSSR count). The topological polar surface area (TPSA) is 120 Å². The number of hydrogen-bond acceptors (Lipinski definition) is 7. The van der Waals surface area contributed by atoms with E-state index >= 15 is 0 Å². The number of anilines is 1. The number of nitrogens with zero attached hydrogens (tertiary/aromatic N) is 2. The van der Waals surface area contributed by atoms with Gasteiger partial charge in [0.15, 0.2) is 0 Å². The van der Waals surface area contributed by atoms with Crippen LogP contribution in [0.3, 0.4) is 0 Å². The van der Waals surface area contributed by atoms with Gasteiger partial charge in [0.25, 0.3) is 10.0 Å². The smallest absolute Gasteiger partial charge is 0.391 e. The van der Waals surface area contributed by atoms with Crippen molar-refractivity contribution in [1.29, 1.82) is 5.26 Å². The zero-order valence-corrected chi connectivity index (χ0v) is 18.4. The molecule has 0 saturated carbocycles. The van der Waals surface area contributed by atoms with Crippen LogP contribution in [0.5, 0.6) is 5.75 Å². The van der Waals surface area contributed by atoms with Crippen LogP contribution in [0.2, 0.25) is 0 Å². The van der Waals surface area contributed by atoms with E-state index in [0.717, 1.165) is 45.3 Å². The molecule has 158 valence electrons. The molecule has 2 aromatic carbocycles. The lowest BCUT2D eigenvalue weighted by atomic mass is 10.2. The van der Waals surface area contributed by atoms with Gasteiger partial charge in [-0.15, -0.1) is 11.3 Å². The predicted molar refractivity (Wildman–Crippen MR) is 113 cm³/mol. The highest BCUT2D eigenvalue weighted by atomic mass is 32.2. The molecule has 1 heterocycles. The van der Waals surface area contributed by atoms with E-state index in [1.165, 1.54) is 6.07 Å². The molecular formula is C18H17FN3O5PS2. The zero-order chi connectivity index (χ0) is 22.1. The lowest BCUT2D eigenvalue weighted by Crippen LogP contribution is -2.25. The number of halogens is 1. The normalized spacial score (nSPS) is 13.6. The second-order valence-corrected chi connectivity index (χ2v) is 11.3. The third kappa shape index (κ3) is 4.98. The van der Waals surface area contributed by atoms with E-state index in [-0.39, 0.29) is 15.5 Å². The molecule has 30 heavy (non-hydrogen) atoms. The van der Waals surface area contributed by atoms with Crippen LogP contribution in [0.25, 0.3) is 10.1 Å². The van der Waals surface area contributed by atoms with E-state index in [1.807, 2.05) is 31.1 Å². The average Bonchev–Trinajstić information content (AvgIpc) is 3.11. The first-order chi connectivity index (χ1) is 14.0. The van der Waals surface area contributed by atoms with Crippen molar-refractivity contribution in [2.45, 2.75) is 4.21 Å². The Labute approximate surface area is 176 Å². The summed E-state index contributed by atoms with van der Waals surface area (Å²) in [4.78, 5) is 11.8. The highest BCUT2D eigenvalue weighted by Gasteiger charge is 2.27. The van der Waals surface area contributed by atoms with Gasteiger partial charge in [-0.1, -0.05) is 0 Å². The maximum Gasteiger partial charge on any atom is 0.391 e. The highest BCUT2D eigenvalue weighted by Crippen LogP contribution is 2.42. The third-order valence-electron chi connectivity index (χ3n) is 4.02. The molecule has 0 saturated heterocycles. The standard InChI is InChI=1S/C18H17FN3O5PS2/c1-22(2)14-4-6-17-13(7-14)8-18(29-17)30(25,26)21-11-28(23,24)27-15-5-3-12(10-20)16(19)9-15/h3-9,21H,11H2,1-2H3,(H,23,24). The fourth-order valence-electron chi connectivity index (χ4n) is 2.49. The van der Waals surface area contributed by atoms with Crippen molar-refractivity contribution >= 4 is 44.7 Å². The summed E-state index contributed by atoms with van der Waals surface area (Å²) < 4.78 is 58.6. The molecule has 0 radical (unpaired) electrons. The SMILES string of the molecule is CN(C)c1ccc2sc(S(=O)(=O)NCP(=O)(O)Oc3ccc(C#N)c(F)c3)cc2c1. The van der Waals surface area contributed by atoms with Gasteiger partial charge in [-0.25, -0.2) is 17.4 Å². The van der Waals surface area contributed by atoms with Gasteiger partial charge in [0.2, 0.25) is 0 Å². The molecule has 0 fully saturated rings. The van der Waals surface area contributed by atoms with Crippen LogP contribution in [0.15, 0.2) is 46.7 Å². The van der Waals surface area contributed by atoms with Crippen LogP contribution in [0.1, 0.15) is 5.56 Å². The Bertz CT molecular complexity index is 1300. The second kappa shape index (κ2) is 8.34. The largest absolute Gasteiger partial charge is 0.424 e. The molecule has 0 spiro atoms. The molecule has 0 aliphatic heterocycles. The highest BCUT2D eigenvalue weighted by molar-refractivity contribution is 7.92. The molecule has 12 heteroatoms. The summed E-state index contributed by atoms with van der Waals surface area (Å²) in [6.45, 7) is 0. The van der Waals surface area contributed by atoms with Crippen molar-refractivity contribution in [3.8, 4) is 11.8 Å². The summed E-state index contributed by atoms with van der Waals surface area (Å²) in [5, 5.41) is 9.43. The summed E-state index contributed by atoms with van der Waals surface area (Å²) in [5.41, 5.74) is 0.651. The Morgan fingerprint density at radius 1 is 1.27 bits per heavy atom. The van der Waals surface area contributed by atoms with Crippen LogP contribution >= 0.6 is 18.9 Å². The molecule has 0 aliphatic carbocycles. The number of nitrogens with one attached hydrogen (secondary N) is 1. The van der Waals surface area contributed by atoms with Gasteiger partial charge in [-0.3, -0.25) is 0 Å². The maximum atomic E-state index is 13.6. The predicted octanol–water partition coefficient (Wildman–Crippen LogP) is 3.48. The average molecular weight is 469 g/mol. The van der Waals surface area contributed by atoms with E-state index in [4.69, 9.17) is 9.79 Å². The van der Waals surface area contributed by atoms with Gasteiger partial charge in [0.05, 0.1) is 5.56 Å². The molecule has 0 aliphatic rings. The second-order valence-electron chi connectivity index (χ2n) is 6.47. The van der Waals surface area contributed by atoms with E-state index in [2.05, 4.69) is 4.72 Å². The molecule has 1 unspecified atom stereocenters. The fraction of sp³-hybridized carbons (Fsp3) is 0.167. The Morgan fingerprint density at radius 2 is 2.00 bits per heavy atom. The van der Waals surface area contributed by atoms with Crippen LogP contribution in [0, 0.1) is 17.1 Å². The summed E-state index contributed by atoms with van der Waals surface area (Å²) >= 11 is 1.02. The van der Waals surface area contributed by atoms with Gasteiger partial charge in [-0.2, -0.15) is 9.98 Å². The number of thiophene rings is 1. The summed E-state index contributed by atoms with van der Waals surface area (Å²) in [6.07, 6.45) is -0.909. The zero-order valence-electron chi connectivity index (χ0n) is 15.9. The van der Waals surface area contributed by atoms with E-state index < -0.39 is 29.7 Å². The van der Waals surface area contributed by atoms with Crippen LogP contribution < -0.4 is 14.1 Å². The van der Waals surface area contributed by atoms with Crippen molar-refractivity contribution < 1.29 is 26.8 Å². The molecule has 1 atom stereocenters. The van der Waals surface area contributed by atoms with E-state index in [1.54, 1.807) is 12.1 Å². The molecule has 1 aromatic heterocycles. The Kier molecular flexibility index (Phi) is 6.17. The minimum absolute atomic E-state index is 0.0159. The first-order valence-electron chi connectivity index (χ1n) is 8.42. The van der Waals surface area contributed by atoms with Gasteiger partial charge < -0.3 is 14.3 Å². The van der Waals surface area contributed by atoms with E-state index in [0.29, 0.717) is 0 Å². The molecule has 0 bridgehead atoms. The van der Waals surface area contributed by atoms with Crippen LogP contribution in [-0.2, 0) is 14.6 Å². The van der Waals surface area contributed by atoms with Crippen molar-refractivity contribution in [1.82, 2.24) is 4.72 Å². The van der Waals surface area contributed by atoms with Crippen LogP contribution in [0.4, 0.5) is 10.1 Å². The fourth-order valence-corrected chi connectivity index (χ4v) is 6.42. The molecule has 8 nitrogen and oxygen atoms in total. The quantitative estimate of drug-likeness (QED) is 0.509. The lowest BCUT2D eigenvalue weighted by Gasteiger charge is -2.14. The summed E-state index contributed by atoms with van der Waals surface area (Å²) in [7, 11) is -4.81. The van der Waals surface area contributed by atoms with Crippen LogP contribution in [-0.4, -0.2) is 33.7 Å². The number of nitriles is 1. The van der Waals surface area contributed by atoms with Gasteiger partial charge in [-0.05, 0) is 41.8 Å². The molecule has 3 aromatic rings. The minimum Gasteiger partial charge on any atom is -0.424 e. The first-order valence-corrected chi connectivity index (χ1v) is 12.5. The van der Waals surface area contributed by atoms with Gasteiger partial charge in [0.1, 0.15) is 28.1 Å². The van der Waals surface area contributed by atoms with Crippen molar-refractivity contribution in [3.63, 3.8) is 0 Å². The van der Waals surface area contributed by atoms with Crippen molar-refractivity contribution in [3.05, 3.63) is 53.8 Å². The summed E-state index contributed by atoms with van der Waals surface area (Å²) in [5.74, 6) is -1.22. The molecular weight excluding hydrogens is 452 g/mol. The Morgan fingerprint density at radius 3 is 2.63 bits per heavy atom. The van der Waals surface area contributed by atoms with Gasteiger partial charge in [0, 0.05) is 30.5 Å². The van der Waals surface area contributed by atoms with Crippen molar-refractivity contribution in [2.75, 3.05) is 25.3 Å². The first kappa shape index (κ1) is 22.2. The Balaban J connectivity index is 1.75. The van der Waals surface area contributed by atoms with Gasteiger partial charge >= 0.3 is 7.60 Å². The van der Waals surface area contributed by atoms with Crippen molar-refractivity contribution in [2.24, 2.45) is 0 Å².